The predicted molar refractivity (Wildman–Crippen MR) is 110 cm³/mol. The zero-order valence-corrected chi connectivity index (χ0v) is 17.0. The highest BCUT2D eigenvalue weighted by molar-refractivity contribution is 6.39. The average Bonchev–Trinajstić information content (AvgIpc) is 2.64. The summed E-state index contributed by atoms with van der Waals surface area (Å²) >= 11 is 12.1. The van der Waals surface area contributed by atoms with Gasteiger partial charge >= 0.3 is 0 Å². The maximum Gasteiger partial charge on any atom is 0.238 e. The molecule has 2 atom stereocenters. The van der Waals surface area contributed by atoms with Crippen LogP contribution in [0.25, 0.3) is 0 Å². The largest absolute Gasteiger partial charge is 0.348 e. The minimum Gasteiger partial charge on any atom is -0.348 e. The van der Waals surface area contributed by atoms with E-state index in [9.17, 15) is 9.59 Å². The van der Waals surface area contributed by atoms with Crippen LogP contribution in [0.5, 0.6) is 0 Å². The third-order valence-corrected chi connectivity index (χ3v) is 4.95. The molecule has 2 unspecified atom stereocenters. The number of amides is 2. The van der Waals surface area contributed by atoms with Gasteiger partial charge in [0, 0.05) is 0 Å². The van der Waals surface area contributed by atoms with E-state index in [1.165, 1.54) is 0 Å². The number of para-hydroxylation sites is 1. The van der Waals surface area contributed by atoms with Crippen LogP contribution in [0, 0.1) is 0 Å². The Morgan fingerprint density at radius 2 is 1.59 bits per heavy atom. The van der Waals surface area contributed by atoms with Crippen molar-refractivity contribution < 1.29 is 9.59 Å². The van der Waals surface area contributed by atoms with Crippen LogP contribution >= 0.6 is 23.2 Å². The second kappa shape index (κ2) is 9.74. The molecule has 2 amide bonds. The summed E-state index contributed by atoms with van der Waals surface area (Å²) in [6.45, 7) is 3.70. The summed E-state index contributed by atoms with van der Waals surface area (Å²) in [6.07, 6.45) is 0. The summed E-state index contributed by atoms with van der Waals surface area (Å²) in [5.74, 6) is -0.458. The number of carbonyl (C=O) groups is 2. The number of hydrogen-bond acceptors (Lipinski definition) is 3. The fourth-order valence-electron chi connectivity index (χ4n) is 2.52. The molecular weight excluding hydrogens is 385 g/mol. The molecule has 2 aromatic carbocycles. The van der Waals surface area contributed by atoms with Crippen LogP contribution in [0.15, 0.2) is 48.5 Å². The molecule has 0 aliphatic carbocycles. The Kier molecular flexibility index (Phi) is 7.66. The zero-order chi connectivity index (χ0) is 20.0. The van der Waals surface area contributed by atoms with Crippen molar-refractivity contribution in [1.29, 1.82) is 0 Å². The molecule has 5 nitrogen and oxygen atoms in total. The van der Waals surface area contributed by atoms with Gasteiger partial charge in [-0.25, -0.2) is 0 Å². The summed E-state index contributed by atoms with van der Waals surface area (Å²) in [4.78, 5) is 26.4. The summed E-state index contributed by atoms with van der Waals surface area (Å²) in [5.41, 5.74) is 1.39. The maximum absolute atomic E-state index is 12.5. The van der Waals surface area contributed by atoms with Gasteiger partial charge in [-0.3, -0.25) is 14.5 Å². The van der Waals surface area contributed by atoms with Gasteiger partial charge in [0.1, 0.15) is 0 Å². The summed E-state index contributed by atoms with van der Waals surface area (Å²) in [6, 6.07) is 14.1. The summed E-state index contributed by atoms with van der Waals surface area (Å²) in [5, 5.41) is 6.38. The first kappa shape index (κ1) is 21.2. The lowest BCUT2D eigenvalue weighted by Gasteiger charge is -2.25. The van der Waals surface area contributed by atoms with Gasteiger partial charge in [-0.1, -0.05) is 59.6 Å². The van der Waals surface area contributed by atoms with Gasteiger partial charge in [-0.2, -0.15) is 0 Å². The Hall–Kier alpha value is -2.08. The molecule has 2 rings (SSSR count). The minimum absolute atomic E-state index is 0.0237. The molecular formula is C20H23Cl2N3O2. The minimum atomic E-state index is -0.483. The van der Waals surface area contributed by atoms with Crippen molar-refractivity contribution in [2.45, 2.75) is 25.9 Å². The lowest BCUT2D eigenvalue weighted by molar-refractivity contribution is -0.127. The van der Waals surface area contributed by atoms with Crippen molar-refractivity contribution in [3.05, 3.63) is 64.1 Å². The van der Waals surface area contributed by atoms with E-state index in [2.05, 4.69) is 10.6 Å². The second-order valence-corrected chi connectivity index (χ2v) is 7.19. The average molecular weight is 408 g/mol. The maximum atomic E-state index is 12.5. The quantitative estimate of drug-likeness (QED) is 0.724. The standard InChI is InChI=1S/C20H23Cl2N3O2/c1-13(15-8-5-4-6-9-15)23-20(27)14(2)25(3)12-18(26)24-19-16(21)10-7-11-17(19)22/h4-11,13-14H,12H2,1-3H3,(H,23,27)(H,24,26). The molecule has 0 spiro atoms. The number of anilines is 1. The topological polar surface area (TPSA) is 61.4 Å². The van der Waals surface area contributed by atoms with E-state index in [-0.39, 0.29) is 24.4 Å². The van der Waals surface area contributed by atoms with Crippen molar-refractivity contribution >= 4 is 40.7 Å². The van der Waals surface area contributed by atoms with E-state index in [4.69, 9.17) is 23.2 Å². The van der Waals surface area contributed by atoms with Gasteiger partial charge in [0.15, 0.2) is 0 Å². The first-order valence-corrected chi connectivity index (χ1v) is 9.34. The number of rotatable bonds is 7. The first-order chi connectivity index (χ1) is 12.8. The van der Waals surface area contributed by atoms with E-state index < -0.39 is 6.04 Å². The Morgan fingerprint density at radius 3 is 2.19 bits per heavy atom. The smallest absolute Gasteiger partial charge is 0.238 e. The van der Waals surface area contributed by atoms with Crippen LogP contribution in [0.2, 0.25) is 10.0 Å². The molecule has 0 aliphatic rings. The molecule has 0 heterocycles. The molecule has 27 heavy (non-hydrogen) atoms. The monoisotopic (exact) mass is 407 g/mol. The van der Waals surface area contributed by atoms with Crippen LogP contribution in [0.1, 0.15) is 25.5 Å². The molecule has 2 N–H and O–H groups in total. The van der Waals surface area contributed by atoms with Crippen LogP contribution < -0.4 is 10.6 Å². The van der Waals surface area contributed by atoms with E-state index in [0.29, 0.717) is 15.7 Å². The SMILES string of the molecule is CC(NC(=O)C(C)N(C)CC(=O)Nc1c(Cl)cccc1Cl)c1ccccc1. The molecule has 0 radical (unpaired) electrons. The third-order valence-electron chi connectivity index (χ3n) is 4.32. The highest BCUT2D eigenvalue weighted by atomic mass is 35.5. The van der Waals surface area contributed by atoms with E-state index >= 15 is 0 Å². The fourth-order valence-corrected chi connectivity index (χ4v) is 3.01. The second-order valence-electron chi connectivity index (χ2n) is 6.38. The van der Waals surface area contributed by atoms with Gasteiger partial charge in [-0.05, 0) is 38.6 Å². The fraction of sp³-hybridized carbons (Fsp3) is 0.300. The van der Waals surface area contributed by atoms with Gasteiger partial charge in [0.05, 0.1) is 34.4 Å². The molecule has 7 heteroatoms. The molecule has 0 aromatic heterocycles. The lowest BCUT2D eigenvalue weighted by atomic mass is 10.1. The molecule has 0 saturated heterocycles. The summed E-state index contributed by atoms with van der Waals surface area (Å²) in [7, 11) is 1.71. The number of hydrogen-bond donors (Lipinski definition) is 2. The number of carbonyl (C=O) groups excluding carboxylic acids is 2. The van der Waals surface area contributed by atoms with E-state index in [0.717, 1.165) is 5.56 Å². The van der Waals surface area contributed by atoms with E-state index in [1.807, 2.05) is 37.3 Å². The van der Waals surface area contributed by atoms with Crippen molar-refractivity contribution in [3.63, 3.8) is 0 Å². The van der Waals surface area contributed by atoms with Crippen LogP contribution in [0.4, 0.5) is 5.69 Å². The van der Waals surface area contributed by atoms with Gasteiger partial charge < -0.3 is 10.6 Å². The highest BCUT2D eigenvalue weighted by Gasteiger charge is 2.22. The van der Waals surface area contributed by atoms with Crippen LogP contribution in [0.3, 0.4) is 0 Å². The van der Waals surface area contributed by atoms with Crippen LogP contribution in [-0.4, -0.2) is 36.3 Å². The Balaban J connectivity index is 1.91. The zero-order valence-electron chi connectivity index (χ0n) is 15.5. The van der Waals surface area contributed by atoms with Crippen LogP contribution in [-0.2, 0) is 9.59 Å². The molecule has 0 saturated carbocycles. The number of nitrogens with one attached hydrogen (secondary N) is 2. The van der Waals surface area contributed by atoms with E-state index in [1.54, 1.807) is 37.1 Å². The van der Waals surface area contributed by atoms with Gasteiger partial charge in [0.25, 0.3) is 0 Å². The molecule has 144 valence electrons. The molecule has 0 fully saturated rings. The third kappa shape index (κ3) is 5.96. The highest BCUT2D eigenvalue weighted by Crippen LogP contribution is 2.29. The van der Waals surface area contributed by atoms with Gasteiger partial charge in [-0.15, -0.1) is 0 Å². The summed E-state index contributed by atoms with van der Waals surface area (Å²) < 4.78 is 0. The lowest BCUT2D eigenvalue weighted by Crippen LogP contribution is -2.46. The number of nitrogens with zero attached hydrogens (tertiary/aromatic N) is 1. The normalized spacial score (nSPS) is 13.1. The number of likely N-dealkylation sites (N-methyl/N-ethyl adjacent to an activating group) is 1. The molecule has 0 aliphatic heterocycles. The predicted octanol–water partition coefficient (Wildman–Crippen LogP) is 4.13. The Bertz CT molecular complexity index is 779. The van der Waals surface area contributed by atoms with Crippen molar-refractivity contribution in [1.82, 2.24) is 10.2 Å². The van der Waals surface area contributed by atoms with Crippen molar-refractivity contribution in [2.75, 3.05) is 18.9 Å². The number of benzene rings is 2. The Morgan fingerprint density at radius 1 is 1.00 bits per heavy atom. The molecule has 0 bridgehead atoms. The van der Waals surface area contributed by atoms with Crippen molar-refractivity contribution in [3.8, 4) is 0 Å². The van der Waals surface area contributed by atoms with Gasteiger partial charge in [0.2, 0.25) is 11.8 Å². The molecule has 2 aromatic rings. The first-order valence-electron chi connectivity index (χ1n) is 8.59. The number of halogens is 2. The Labute approximate surface area is 169 Å². The van der Waals surface area contributed by atoms with Crippen molar-refractivity contribution in [2.24, 2.45) is 0 Å².